The Hall–Kier alpha value is -3.64. The van der Waals surface area contributed by atoms with Crippen molar-refractivity contribution in [1.29, 1.82) is 0 Å². The summed E-state index contributed by atoms with van der Waals surface area (Å²) in [7, 11) is 12.0. The fourth-order valence-corrected chi connectivity index (χ4v) is 13.2. The minimum Gasteiger partial charge on any atom is -0.356 e. The van der Waals surface area contributed by atoms with Crippen LogP contribution in [0.5, 0.6) is 0 Å². The SMILES string of the molecule is CCCCNCC(=O)C(CC(=O)NCCN(C)CCN(C)C)CC(C)(C)C(=O)CC(CC(C)(C)C(=O)C(CC(=O)NCC1CCC(CCCC)CC1)CC(C)(C)C(=O)CC(CC)C(=O)NCC1CCC(CCCC)CC1)C(=O)NCCN(C)CCN(C)C. The zero-order chi connectivity index (χ0) is 66.0. The van der Waals surface area contributed by atoms with Crippen LogP contribution in [-0.4, -0.2) is 187 Å². The molecule has 0 aromatic carbocycles. The molecular formula is C71H133N9O8. The third-order valence-corrected chi connectivity index (χ3v) is 19.7. The van der Waals surface area contributed by atoms with Gasteiger partial charge in [-0.2, -0.15) is 0 Å². The summed E-state index contributed by atoms with van der Waals surface area (Å²) in [6, 6.07) is 0. The molecule has 0 bridgehead atoms. The highest BCUT2D eigenvalue weighted by Crippen LogP contribution is 2.41. The molecule has 4 amide bonds. The second-order valence-electron chi connectivity index (χ2n) is 29.9. The van der Waals surface area contributed by atoms with Gasteiger partial charge in [0.15, 0.2) is 0 Å². The van der Waals surface area contributed by atoms with E-state index >= 15 is 4.79 Å². The van der Waals surface area contributed by atoms with Crippen LogP contribution in [-0.2, 0) is 38.4 Å². The van der Waals surface area contributed by atoms with Gasteiger partial charge in [-0.15, -0.1) is 0 Å². The predicted octanol–water partition coefficient (Wildman–Crippen LogP) is 9.78. The van der Waals surface area contributed by atoms with E-state index in [-0.39, 0.29) is 98.3 Å². The molecule has 0 heterocycles. The normalized spacial score (nSPS) is 19.1. The first-order chi connectivity index (χ1) is 41.5. The fourth-order valence-electron chi connectivity index (χ4n) is 13.2. The van der Waals surface area contributed by atoms with Crippen LogP contribution in [0.25, 0.3) is 0 Å². The Morgan fingerprint density at radius 1 is 0.420 bits per heavy atom. The van der Waals surface area contributed by atoms with E-state index in [9.17, 15) is 33.6 Å². The zero-order valence-corrected chi connectivity index (χ0v) is 59.1. The van der Waals surface area contributed by atoms with Gasteiger partial charge in [-0.3, -0.25) is 38.4 Å². The van der Waals surface area contributed by atoms with Crippen molar-refractivity contribution >= 4 is 46.8 Å². The molecule has 510 valence electrons. The number of carbonyl (C=O) groups is 8. The number of rotatable bonds is 49. The standard InChI is InChI=1S/C71H133N9O8/c1-17-21-24-53-26-30-55(31-27-53)50-75-65(85)46-59(48-70(7,8)62(82)43-57(20-4)67(87)76-51-56-32-28-54(29-33-56)25-22-18-2)66(86)71(9,10)49-60(68(88)74-36-38-80(16)42-40-78(13)14)44-63(83)69(5,6)47-58(61(81)52-72-34-23-19-3)45-64(84)73-35-37-79(15)41-39-77(11)12/h53-60,72H,17-52H2,1-16H3,(H,73,84)(H,74,88)(H,75,85)(H,76,87). The second kappa shape index (κ2) is 42.5. The molecule has 2 fully saturated rings. The van der Waals surface area contributed by atoms with Crippen molar-refractivity contribution in [2.75, 3.05) is 121 Å². The van der Waals surface area contributed by atoms with E-state index in [0.717, 1.165) is 89.4 Å². The molecule has 2 aliphatic carbocycles. The third kappa shape index (κ3) is 32.6. The van der Waals surface area contributed by atoms with Gasteiger partial charge in [0, 0.05) is 131 Å². The van der Waals surface area contributed by atoms with Crippen molar-refractivity contribution in [3.05, 3.63) is 0 Å². The van der Waals surface area contributed by atoms with E-state index in [1.807, 2.05) is 63.1 Å². The Balaban J connectivity index is 2.50. The van der Waals surface area contributed by atoms with E-state index in [0.29, 0.717) is 64.1 Å². The Morgan fingerprint density at radius 2 is 0.830 bits per heavy atom. The van der Waals surface area contributed by atoms with E-state index in [4.69, 9.17) is 0 Å². The molecule has 2 aliphatic rings. The quantitative estimate of drug-likeness (QED) is 0.0360. The number of Topliss-reactive ketones (excluding diaryl/α,β-unsaturated/α-hetero) is 4. The van der Waals surface area contributed by atoms with Crippen LogP contribution >= 0.6 is 0 Å². The van der Waals surface area contributed by atoms with Gasteiger partial charge in [-0.25, -0.2) is 0 Å². The highest BCUT2D eigenvalue weighted by molar-refractivity contribution is 5.95. The molecule has 17 nitrogen and oxygen atoms in total. The Morgan fingerprint density at radius 3 is 1.31 bits per heavy atom. The van der Waals surface area contributed by atoms with Crippen LogP contribution < -0.4 is 26.6 Å². The number of hydrogen-bond acceptors (Lipinski definition) is 13. The average molecular weight is 1240 g/mol. The molecule has 2 saturated carbocycles. The van der Waals surface area contributed by atoms with Gasteiger partial charge in [-0.05, 0) is 130 Å². The van der Waals surface area contributed by atoms with Crippen LogP contribution in [0.15, 0.2) is 0 Å². The summed E-state index contributed by atoms with van der Waals surface area (Å²) in [5, 5.41) is 15.7. The number of carbonyl (C=O) groups excluding carboxylic acids is 8. The lowest BCUT2D eigenvalue weighted by atomic mass is 9.67. The van der Waals surface area contributed by atoms with Gasteiger partial charge in [0.05, 0.1) is 6.54 Å². The Labute approximate surface area is 536 Å². The molecule has 0 radical (unpaired) electrons. The van der Waals surface area contributed by atoms with Crippen LogP contribution in [0.1, 0.15) is 223 Å². The lowest BCUT2D eigenvalue weighted by Crippen LogP contribution is -2.44. The molecular weight excluding hydrogens is 1110 g/mol. The molecule has 5 N–H and O–H groups in total. The van der Waals surface area contributed by atoms with Gasteiger partial charge < -0.3 is 46.2 Å². The zero-order valence-electron chi connectivity index (χ0n) is 59.1. The van der Waals surface area contributed by atoms with Crippen molar-refractivity contribution in [3.8, 4) is 0 Å². The van der Waals surface area contributed by atoms with Crippen molar-refractivity contribution < 1.29 is 38.4 Å². The first-order valence-electron chi connectivity index (χ1n) is 35.1. The number of ketones is 4. The van der Waals surface area contributed by atoms with E-state index < -0.39 is 39.9 Å². The second-order valence-corrected chi connectivity index (χ2v) is 29.9. The largest absolute Gasteiger partial charge is 0.356 e. The summed E-state index contributed by atoms with van der Waals surface area (Å²) in [6.45, 7) is 26.3. The van der Waals surface area contributed by atoms with Crippen LogP contribution in [0.2, 0.25) is 0 Å². The summed E-state index contributed by atoms with van der Waals surface area (Å²) < 4.78 is 0. The van der Waals surface area contributed by atoms with Gasteiger partial charge in [0.1, 0.15) is 23.1 Å². The monoisotopic (exact) mass is 1240 g/mol. The molecule has 0 aromatic heterocycles. The first-order valence-corrected chi connectivity index (χ1v) is 35.1. The number of unbranched alkanes of at least 4 members (excludes halogenated alkanes) is 3. The number of nitrogens with one attached hydrogen (secondary N) is 5. The molecule has 0 spiro atoms. The van der Waals surface area contributed by atoms with E-state index in [1.165, 1.54) is 51.4 Å². The number of likely N-dealkylation sites (N-methyl/N-ethyl adjacent to an activating group) is 4. The maximum Gasteiger partial charge on any atom is 0.223 e. The molecule has 4 unspecified atom stereocenters. The molecule has 17 heteroatoms. The highest BCUT2D eigenvalue weighted by atomic mass is 16.2. The lowest BCUT2D eigenvalue weighted by Gasteiger charge is -2.36. The van der Waals surface area contributed by atoms with Crippen molar-refractivity contribution in [2.45, 2.75) is 223 Å². The molecule has 88 heavy (non-hydrogen) atoms. The molecule has 0 aliphatic heterocycles. The van der Waals surface area contributed by atoms with Crippen molar-refractivity contribution in [3.63, 3.8) is 0 Å². The number of nitrogens with zero attached hydrogens (tertiary/aromatic N) is 4. The summed E-state index contributed by atoms with van der Waals surface area (Å²) in [5.74, 6) is -2.74. The minimum absolute atomic E-state index is 0.0163. The Bertz CT molecular complexity index is 2060. The number of hydrogen-bond donors (Lipinski definition) is 5. The molecule has 0 aromatic rings. The first kappa shape index (κ1) is 80.5. The van der Waals surface area contributed by atoms with Crippen LogP contribution in [0.4, 0.5) is 0 Å². The van der Waals surface area contributed by atoms with Crippen LogP contribution in [0.3, 0.4) is 0 Å². The molecule has 4 atom stereocenters. The lowest BCUT2D eigenvalue weighted by molar-refractivity contribution is -0.141. The third-order valence-electron chi connectivity index (χ3n) is 19.7. The summed E-state index contributed by atoms with van der Waals surface area (Å²) in [6.07, 6.45) is 18.4. The summed E-state index contributed by atoms with van der Waals surface area (Å²) in [5.41, 5.74) is -3.49. The van der Waals surface area contributed by atoms with Gasteiger partial charge >= 0.3 is 0 Å². The van der Waals surface area contributed by atoms with Gasteiger partial charge in [0.25, 0.3) is 0 Å². The maximum atomic E-state index is 15.5. The number of amides is 4. The maximum absolute atomic E-state index is 15.5. The fraction of sp³-hybridized carbons (Fsp3) is 0.887. The van der Waals surface area contributed by atoms with E-state index in [2.05, 4.69) is 67.0 Å². The van der Waals surface area contributed by atoms with Crippen molar-refractivity contribution in [1.82, 2.24) is 46.2 Å². The molecule has 2 rings (SSSR count). The smallest absolute Gasteiger partial charge is 0.223 e. The average Bonchev–Trinajstić information content (AvgIpc) is 3.18. The van der Waals surface area contributed by atoms with Gasteiger partial charge in [0.2, 0.25) is 23.6 Å². The summed E-state index contributed by atoms with van der Waals surface area (Å²) in [4.78, 5) is 124. The minimum atomic E-state index is -1.25. The topological polar surface area (TPSA) is 210 Å². The molecule has 0 saturated heterocycles. The Kier molecular flexibility index (Phi) is 38.8. The summed E-state index contributed by atoms with van der Waals surface area (Å²) >= 11 is 0. The van der Waals surface area contributed by atoms with E-state index in [1.54, 1.807) is 27.7 Å². The van der Waals surface area contributed by atoms with Crippen molar-refractivity contribution in [2.24, 2.45) is 63.6 Å². The predicted molar refractivity (Wildman–Crippen MR) is 360 cm³/mol. The van der Waals surface area contributed by atoms with Gasteiger partial charge in [-0.1, -0.05) is 140 Å². The highest BCUT2D eigenvalue weighted by Gasteiger charge is 2.44. The van der Waals surface area contributed by atoms with Crippen LogP contribution in [0, 0.1) is 63.6 Å².